The highest BCUT2D eigenvalue weighted by atomic mass is 32.1. The highest BCUT2D eigenvalue weighted by Crippen LogP contribution is 2.42. The molecule has 0 radical (unpaired) electrons. The van der Waals surface area contributed by atoms with Crippen LogP contribution in [0.1, 0.15) is 0 Å². The minimum absolute atomic E-state index is 1.09. The fourth-order valence-electron chi connectivity index (χ4n) is 10.1. The summed E-state index contributed by atoms with van der Waals surface area (Å²) in [6, 6.07) is 93.1. The Hall–Kier alpha value is -8.50. The van der Waals surface area contributed by atoms with Crippen molar-refractivity contribution in [2.75, 3.05) is 4.90 Å². The van der Waals surface area contributed by atoms with Crippen LogP contribution in [0.5, 0.6) is 0 Å². The van der Waals surface area contributed by atoms with Crippen molar-refractivity contribution in [3.8, 4) is 50.2 Å². The Morgan fingerprint density at radius 1 is 0.284 bits per heavy atom. The van der Waals surface area contributed by atoms with Gasteiger partial charge in [0.25, 0.3) is 0 Å². The first-order valence-electron chi connectivity index (χ1n) is 22.9. The maximum Gasteiger partial charge on any atom is 0.0619 e. The van der Waals surface area contributed by atoms with E-state index >= 15 is 0 Å². The maximum absolute atomic E-state index is 2.44. The third-order valence-corrected chi connectivity index (χ3v) is 14.5. The van der Waals surface area contributed by atoms with Crippen LogP contribution in [0.3, 0.4) is 0 Å². The van der Waals surface area contributed by atoms with Crippen LogP contribution in [-0.4, -0.2) is 4.57 Å². The number of thiophene rings is 1. The second-order valence-electron chi connectivity index (χ2n) is 17.3. The van der Waals surface area contributed by atoms with Gasteiger partial charge in [-0.15, -0.1) is 11.3 Å². The zero-order valence-electron chi connectivity index (χ0n) is 36.6. The summed E-state index contributed by atoms with van der Waals surface area (Å²) >= 11 is 1.86. The molecule has 0 unspecified atom stereocenters. The monoisotopic (exact) mass is 870 g/mol. The molecule has 0 saturated carbocycles. The molecule has 0 spiro atoms. The van der Waals surface area contributed by atoms with E-state index in [1.165, 1.54) is 97.3 Å². The van der Waals surface area contributed by atoms with Crippen molar-refractivity contribution >= 4 is 81.1 Å². The van der Waals surface area contributed by atoms with Crippen LogP contribution in [0.4, 0.5) is 17.1 Å². The van der Waals surface area contributed by atoms with E-state index in [0.717, 1.165) is 22.7 Å². The molecule has 13 aromatic rings. The molecule has 13 rings (SSSR count). The predicted octanol–water partition coefficient (Wildman–Crippen LogP) is 18.4. The Morgan fingerprint density at radius 2 is 0.761 bits per heavy atom. The van der Waals surface area contributed by atoms with Crippen LogP contribution in [0.25, 0.3) is 103 Å². The Balaban J connectivity index is 0.892. The molecule has 0 aliphatic carbocycles. The molecule has 314 valence electrons. The van der Waals surface area contributed by atoms with Crippen molar-refractivity contribution in [3.63, 3.8) is 0 Å². The van der Waals surface area contributed by atoms with Gasteiger partial charge in [-0.2, -0.15) is 0 Å². The summed E-state index contributed by atoms with van der Waals surface area (Å²) in [5, 5.41) is 7.64. The molecule has 2 aromatic heterocycles. The maximum atomic E-state index is 2.44. The smallest absolute Gasteiger partial charge is 0.0619 e. The zero-order valence-corrected chi connectivity index (χ0v) is 37.4. The third-order valence-electron chi connectivity index (χ3n) is 13.4. The standard InChI is InChI=1S/C64H42N2S/c1-3-12-43(13-4-1)48-15-11-16-49(40-48)44-22-31-53(32-23-44)65(54-33-24-45(25-34-54)50-30-39-63-60(41-50)58-20-9-10-21-62(58)67-63)55-35-26-46(27-36-55)51-29-37-57-59-38-28-47-14-7-8-19-56(47)64(59)66(61(57)42-51)52-17-5-2-6-18-52/h1-42H. The molecule has 0 amide bonds. The summed E-state index contributed by atoms with van der Waals surface area (Å²) in [5.41, 5.74) is 16.4. The molecule has 0 N–H and O–H groups in total. The number of nitrogens with zero attached hydrogens (tertiary/aromatic N) is 2. The molecule has 0 aliphatic heterocycles. The third kappa shape index (κ3) is 6.88. The SMILES string of the molecule is c1ccc(-c2cccc(-c3ccc(N(c4ccc(-c5ccc6sc7ccccc7c6c5)cc4)c4ccc(-c5ccc6c7ccc8ccccc8c7n(-c7ccccc7)c6c5)cc4)cc3)c2)cc1. The van der Waals surface area contributed by atoms with E-state index in [-0.39, 0.29) is 0 Å². The van der Waals surface area contributed by atoms with Crippen LogP contribution >= 0.6 is 11.3 Å². The molecule has 0 bridgehead atoms. The number of hydrogen-bond acceptors (Lipinski definition) is 2. The molecule has 2 nitrogen and oxygen atoms in total. The van der Waals surface area contributed by atoms with Gasteiger partial charge in [-0.3, -0.25) is 0 Å². The lowest BCUT2D eigenvalue weighted by atomic mass is 9.98. The van der Waals surface area contributed by atoms with Gasteiger partial charge in [-0.25, -0.2) is 0 Å². The first-order chi connectivity index (χ1) is 33.2. The summed E-state index contributed by atoms with van der Waals surface area (Å²) in [6.07, 6.45) is 0. The fourth-order valence-corrected chi connectivity index (χ4v) is 11.2. The normalized spacial score (nSPS) is 11.6. The molecular formula is C64H42N2S. The number of aromatic nitrogens is 1. The average molecular weight is 871 g/mol. The van der Waals surface area contributed by atoms with Crippen molar-refractivity contribution in [2.24, 2.45) is 0 Å². The lowest BCUT2D eigenvalue weighted by Crippen LogP contribution is -2.09. The van der Waals surface area contributed by atoms with Crippen molar-refractivity contribution < 1.29 is 0 Å². The first-order valence-corrected chi connectivity index (χ1v) is 23.7. The largest absolute Gasteiger partial charge is 0.311 e. The van der Waals surface area contributed by atoms with Crippen molar-refractivity contribution in [2.45, 2.75) is 0 Å². The van der Waals surface area contributed by atoms with E-state index < -0.39 is 0 Å². The Kier molecular flexibility index (Phi) is 9.40. The topological polar surface area (TPSA) is 8.17 Å². The van der Waals surface area contributed by atoms with Gasteiger partial charge in [-0.1, -0.05) is 176 Å². The van der Waals surface area contributed by atoms with E-state index in [2.05, 4.69) is 264 Å². The van der Waals surface area contributed by atoms with Crippen LogP contribution in [0.2, 0.25) is 0 Å². The van der Waals surface area contributed by atoms with Crippen LogP contribution < -0.4 is 4.90 Å². The van der Waals surface area contributed by atoms with Gasteiger partial charge < -0.3 is 9.47 Å². The van der Waals surface area contributed by atoms with Crippen molar-refractivity contribution in [1.29, 1.82) is 0 Å². The highest BCUT2D eigenvalue weighted by molar-refractivity contribution is 7.25. The second-order valence-corrected chi connectivity index (χ2v) is 18.4. The van der Waals surface area contributed by atoms with Gasteiger partial charge >= 0.3 is 0 Å². The number of hydrogen-bond donors (Lipinski definition) is 0. The van der Waals surface area contributed by atoms with Crippen LogP contribution in [0.15, 0.2) is 255 Å². The molecule has 0 saturated heterocycles. The van der Waals surface area contributed by atoms with Gasteiger partial charge in [0.1, 0.15) is 0 Å². The average Bonchev–Trinajstić information content (AvgIpc) is 3.95. The molecular weight excluding hydrogens is 829 g/mol. The van der Waals surface area contributed by atoms with E-state index in [4.69, 9.17) is 0 Å². The van der Waals surface area contributed by atoms with Crippen molar-refractivity contribution in [1.82, 2.24) is 4.57 Å². The van der Waals surface area contributed by atoms with E-state index in [0.29, 0.717) is 0 Å². The Labute approximate surface area is 393 Å². The molecule has 0 aliphatic rings. The van der Waals surface area contributed by atoms with E-state index in [9.17, 15) is 0 Å². The number of anilines is 3. The van der Waals surface area contributed by atoms with Gasteiger partial charge in [0.2, 0.25) is 0 Å². The number of rotatable bonds is 8. The Morgan fingerprint density at radius 3 is 1.43 bits per heavy atom. The summed E-state index contributed by atoms with van der Waals surface area (Å²) in [6.45, 7) is 0. The lowest BCUT2D eigenvalue weighted by molar-refractivity contribution is 1.19. The summed E-state index contributed by atoms with van der Waals surface area (Å²) in [5.74, 6) is 0. The van der Waals surface area contributed by atoms with Crippen molar-refractivity contribution in [3.05, 3.63) is 255 Å². The molecule has 0 atom stereocenters. The number of benzene rings is 11. The highest BCUT2D eigenvalue weighted by Gasteiger charge is 2.18. The van der Waals surface area contributed by atoms with Gasteiger partial charge in [-0.05, 0) is 129 Å². The minimum atomic E-state index is 1.09. The van der Waals surface area contributed by atoms with Gasteiger partial charge in [0.15, 0.2) is 0 Å². The predicted molar refractivity (Wildman–Crippen MR) is 288 cm³/mol. The zero-order chi connectivity index (χ0) is 44.3. The summed E-state index contributed by atoms with van der Waals surface area (Å²) < 4.78 is 5.09. The molecule has 11 aromatic carbocycles. The molecule has 0 fully saturated rings. The summed E-state index contributed by atoms with van der Waals surface area (Å²) in [7, 11) is 0. The van der Waals surface area contributed by atoms with E-state index in [1.807, 2.05) is 11.3 Å². The van der Waals surface area contributed by atoms with Crippen LogP contribution in [0, 0.1) is 0 Å². The quantitative estimate of drug-likeness (QED) is 0.148. The van der Waals surface area contributed by atoms with Crippen LogP contribution in [-0.2, 0) is 0 Å². The molecule has 67 heavy (non-hydrogen) atoms. The van der Waals surface area contributed by atoms with Gasteiger partial charge in [0, 0.05) is 59.1 Å². The number of para-hydroxylation sites is 1. The summed E-state index contributed by atoms with van der Waals surface area (Å²) in [4.78, 5) is 2.37. The van der Waals surface area contributed by atoms with Gasteiger partial charge in [0.05, 0.1) is 11.0 Å². The first kappa shape index (κ1) is 38.9. The lowest BCUT2D eigenvalue weighted by Gasteiger charge is -2.26. The fraction of sp³-hybridized carbons (Fsp3) is 0. The number of fused-ring (bicyclic) bond motifs is 8. The Bertz CT molecular complexity index is 3940. The van der Waals surface area contributed by atoms with E-state index in [1.54, 1.807) is 0 Å². The minimum Gasteiger partial charge on any atom is -0.311 e. The molecule has 3 heteroatoms. The molecule has 2 heterocycles. The second kappa shape index (κ2) is 16.2.